The summed E-state index contributed by atoms with van der Waals surface area (Å²) in [6, 6.07) is 0.694. The number of halogens is 3. The van der Waals surface area contributed by atoms with E-state index < -0.39 is 11.9 Å². The van der Waals surface area contributed by atoms with Crippen LogP contribution in [0.5, 0.6) is 0 Å². The third kappa shape index (κ3) is 7.95. The molecule has 5 nitrogen and oxygen atoms in total. The Hall–Kier alpha value is -1.35. The van der Waals surface area contributed by atoms with Gasteiger partial charge in [-0.1, -0.05) is 6.42 Å². The lowest BCUT2D eigenvalue weighted by molar-refractivity contribution is -0.140. The molecule has 1 aliphatic heterocycles. The molecule has 28 heavy (non-hydrogen) atoms. The smallest absolute Gasteiger partial charge is 0.357 e. The van der Waals surface area contributed by atoms with Crippen LogP contribution in [0, 0.1) is 0 Å². The van der Waals surface area contributed by atoms with Crippen LogP contribution in [0.1, 0.15) is 56.7 Å². The first-order valence-corrected chi connectivity index (χ1v) is 11.1. The number of nitrogens with one attached hydrogen (secondary N) is 2. The van der Waals surface area contributed by atoms with E-state index in [2.05, 4.69) is 32.4 Å². The van der Waals surface area contributed by atoms with Crippen molar-refractivity contribution >= 4 is 17.3 Å². The van der Waals surface area contributed by atoms with Crippen molar-refractivity contribution in [2.45, 2.75) is 64.6 Å². The molecule has 1 fully saturated rings. The van der Waals surface area contributed by atoms with Crippen molar-refractivity contribution in [1.29, 1.82) is 0 Å². The third-order valence-electron chi connectivity index (χ3n) is 4.88. The third-order valence-corrected chi connectivity index (χ3v) is 5.79. The zero-order valence-corrected chi connectivity index (χ0v) is 17.6. The molecule has 9 heteroatoms. The van der Waals surface area contributed by atoms with Crippen LogP contribution in [0.4, 0.5) is 13.2 Å². The van der Waals surface area contributed by atoms with Crippen LogP contribution in [0.2, 0.25) is 0 Å². The molecule has 2 N–H and O–H groups in total. The molecule has 1 aromatic rings. The summed E-state index contributed by atoms with van der Waals surface area (Å²) < 4.78 is 37.8. The first-order valence-electron chi connectivity index (χ1n) is 10.2. The number of nitrogens with zero attached hydrogens (tertiary/aromatic N) is 3. The number of rotatable bonds is 9. The van der Waals surface area contributed by atoms with Crippen molar-refractivity contribution < 1.29 is 13.2 Å². The van der Waals surface area contributed by atoms with E-state index in [9.17, 15) is 13.2 Å². The summed E-state index contributed by atoms with van der Waals surface area (Å²) in [5.74, 6) is 0.710. The quantitative estimate of drug-likeness (QED) is 0.362. The first-order chi connectivity index (χ1) is 13.4. The summed E-state index contributed by atoms with van der Waals surface area (Å²) in [5.41, 5.74) is -0.809. The van der Waals surface area contributed by atoms with Crippen LogP contribution in [-0.4, -0.2) is 54.6 Å². The molecule has 0 amide bonds. The summed E-state index contributed by atoms with van der Waals surface area (Å²) in [6.45, 7) is 8.63. The Labute approximate surface area is 169 Å². The van der Waals surface area contributed by atoms with E-state index >= 15 is 0 Å². The van der Waals surface area contributed by atoms with Gasteiger partial charge in [0.2, 0.25) is 0 Å². The maximum Gasteiger partial charge on any atom is 0.434 e. The predicted molar refractivity (Wildman–Crippen MR) is 109 cm³/mol. The van der Waals surface area contributed by atoms with Gasteiger partial charge in [-0.05, 0) is 52.6 Å². The molecule has 0 aromatic carbocycles. The number of likely N-dealkylation sites (tertiary alicyclic amines) is 1. The standard InChI is InChI=1S/C19H32F3N5S/c1-3-23-18(24-10-5-7-13-27-12-6-4-8-15(27)2)25-11-9-17-26-16(14-28-17)19(20,21)22/h14-15H,3-13H2,1-2H3,(H2,23,24,25). The van der Waals surface area contributed by atoms with Gasteiger partial charge in [0.15, 0.2) is 11.7 Å². The van der Waals surface area contributed by atoms with Crippen LogP contribution >= 0.6 is 11.3 Å². The normalized spacial score (nSPS) is 19.0. The van der Waals surface area contributed by atoms with Crippen molar-refractivity contribution in [3.05, 3.63) is 16.1 Å². The number of alkyl halides is 3. The molecule has 0 bridgehead atoms. The van der Waals surface area contributed by atoms with Crippen LogP contribution in [0.15, 0.2) is 10.4 Å². The van der Waals surface area contributed by atoms with Crippen molar-refractivity contribution in [3.8, 4) is 0 Å². The van der Waals surface area contributed by atoms with Gasteiger partial charge >= 0.3 is 6.18 Å². The topological polar surface area (TPSA) is 52.6 Å². The van der Waals surface area contributed by atoms with Crippen LogP contribution in [-0.2, 0) is 12.6 Å². The molecule has 0 radical (unpaired) electrons. The van der Waals surface area contributed by atoms with Gasteiger partial charge in [0.25, 0.3) is 0 Å². The zero-order valence-electron chi connectivity index (χ0n) is 16.8. The molecule has 1 atom stereocenters. The summed E-state index contributed by atoms with van der Waals surface area (Å²) in [4.78, 5) is 10.8. The molecular weight excluding hydrogens is 387 g/mol. The van der Waals surface area contributed by atoms with Gasteiger partial charge in [-0.25, -0.2) is 4.98 Å². The molecule has 0 spiro atoms. The van der Waals surface area contributed by atoms with Gasteiger partial charge in [-0.3, -0.25) is 4.99 Å². The molecule has 1 unspecified atom stereocenters. The maximum absolute atomic E-state index is 12.6. The number of aliphatic imine (C=N–C) groups is 1. The second kappa shape index (κ2) is 11.6. The minimum absolute atomic E-state index is 0.442. The number of piperidine rings is 1. The Balaban J connectivity index is 1.67. The van der Waals surface area contributed by atoms with Gasteiger partial charge in [-0.2, -0.15) is 13.2 Å². The Morgan fingerprint density at radius 3 is 2.82 bits per heavy atom. The molecule has 1 aromatic heterocycles. The second-order valence-corrected chi connectivity index (χ2v) is 8.09. The highest BCUT2D eigenvalue weighted by Crippen LogP contribution is 2.30. The molecule has 0 aliphatic carbocycles. The van der Waals surface area contributed by atoms with E-state index in [0.717, 1.165) is 49.2 Å². The average Bonchev–Trinajstić information content (AvgIpc) is 3.12. The van der Waals surface area contributed by atoms with E-state index in [1.54, 1.807) is 0 Å². The lowest BCUT2D eigenvalue weighted by Crippen LogP contribution is -2.38. The fraction of sp³-hybridized carbons (Fsp3) is 0.789. The average molecular weight is 420 g/mol. The van der Waals surface area contributed by atoms with Crippen LogP contribution < -0.4 is 10.6 Å². The molecule has 160 valence electrons. The zero-order chi connectivity index (χ0) is 20.4. The highest BCUT2D eigenvalue weighted by atomic mass is 32.1. The van der Waals surface area contributed by atoms with Gasteiger partial charge in [0, 0.05) is 37.5 Å². The van der Waals surface area contributed by atoms with Gasteiger partial charge in [-0.15, -0.1) is 11.3 Å². The van der Waals surface area contributed by atoms with Gasteiger partial charge in [0.1, 0.15) is 0 Å². The predicted octanol–water partition coefficient (Wildman–Crippen LogP) is 3.91. The minimum atomic E-state index is -4.37. The van der Waals surface area contributed by atoms with E-state index in [0.29, 0.717) is 30.0 Å². The first kappa shape index (κ1) is 22.9. The van der Waals surface area contributed by atoms with E-state index in [1.165, 1.54) is 25.8 Å². The number of aromatic nitrogens is 1. The van der Waals surface area contributed by atoms with Gasteiger partial charge < -0.3 is 15.5 Å². The number of thiazole rings is 1. The SMILES string of the molecule is CCNC(=NCCCCN1CCCCC1C)NCCc1nc(C(F)(F)F)cs1. The largest absolute Gasteiger partial charge is 0.434 e. The van der Waals surface area contributed by atoms with Crippen molar-refractivity contribution in [2.75, 3.05) is 32.7 Å². The van der Waals surface area contributed by atoms with Crippen molar-refractivity contribution in [2.24, 2.45) is 4.99 Å². The Kier molecular flexibility index (Phi) is 9.50. The number of guanidine groups is 1. The van der Waals surface area contributed by atoms with Crippen LogP contribution in [0.25, 0.3) is 0 Å². The Morgan fingerprint density at radius 1 is 1.32 bits per heavy atom. The molecule has 1 saturated heterocycles. The van der Waals surface area contributed by atoms with Crippen LogP contribution in [0.3, 0.4) is 0 Å². The van der Waals surface area contributed by atoms with E-state index in [4.69, 9.17) is 0 Å². The van der Waals surface area contributed by atoms with Gasteiger partial charge in [0.05, 0.1) is 5.01 Å². The van der Waals surface area contributed by atoms with E-state index in [1.807, 2.05) is 6.92 Å². The Bertz CT molecular complexity index is 603. The Morgan fingerprint density at radius 2 is 2.14 bits per heavy atom. The summed E-state index contributed by atoms with van der Waals surface area (Å²) in [6.07, 6.45) is 2.19. The second-order valence-electron chi connectivity index (χ2n) is 7.15. The fourth-order valence-corrected chi connectivity index (χ4v) is 4.10. The van der Waals surface area contributed by atoms with E-state index in [-0.39, 0.29) is 0 Å². The lowest BCUT2D eigenvalue weighted by atomic mass is 10.0. The summed E-state index contributed by atoms with van der Waals surface area (Å²) in [7, 11) is 0. The molecule has 1 aliphatic rings. The van der Waals surface area contributed by atoms with Crippen molar-refractivity contribution in [3.63, 3.8) is 0 Å². The number of hydrogen-bond donors (Lipinski definition) is 2. The summed E-state index contributed by atoms with van der Waals surface area (Å²) >= 11 is 1.04. The molecule has 2 rings (SSSR count). The monoisotopic (exact) mass is 419 g/mol. The molecular formula is C19H32F3N5S. The number of hydrogen-bond acceptors (Lipinski definition) is 4. The van der Waals surface area contributed by atoms with Crippen molar-refractivity contribution in [1.82, 2.24) is 20.5 Å². The summed E-state index contributed by atoms with van der Waals surface area (Å²) in [5, 5.41) is 7.90. The lowest BCUT2D eigenvalue weighted by Gasteiger charge is -2.33. The fourth-order valence-electron chi connectivity index (χ4n) is 3.29. The highest BCUT2D eigenvalue weighted by molar-refractivity contribution is 7.09. The molecule has 2 heterocycles. The minimum Gasteiger partial charge on any atom is -0.357 e. The highest BCUT2D eigenvalue weighted by Gasteiger charge is 2.33. The molecule has 0 saturated carbocycles. The maximum atomic E-state index is 12.6. The number of unbranched alkanes of at least 4 members (excludes halogenated alkanes) is 1.